The highest BCUT2D eigenvalue weighted by atomic mass is 35.5. The van der Waals surface area contributed by atoms with E-state index in [1.165, 1.54) is 0 Å². The summed E-state index contributed by atoms with van der Waals surface area (Å²) in [6.07, 6.45) is 0. The lowest BCUT2D eigenvalue weighted by Gasteiger charge is -2.04. The van der Waals surface area contributed by atoms with E-state index in [-0.39, 0.29) is 0 Å². The minimum atomic E-state index is 0.482. The predicted octanol–water partition coefficient (Wildman–Crippen LogP) is 2.61. The average molecular weight is 182 g/mol. The second-order valence-corrected chi connectivity index (χ2v) is 2.60. The van der Waals surface area contributed by atoms with E-state index in [0.29, 0.717) is 22.9 Å². The normalized spacial score (nSPS) is 9.08. The van der Waals surface area contributed by atoms with E-state index in [9.17, 15) is 0 Å². The maximum Gasteiger partial charge on any atom is 0.137 e. The van der Waals surface area contributed by atoms with Gasteiger partial charge in [0.2, 0.25) is 0 Å². The summed E-state index contributed by atoms with van der Waals surface area (Å²) < 4.78 is 5.19. The quantitative estimate of drug-likeness (QED) is 0.703. The van der Waals surface area contributed by atoms with Gasteiger partial charge in [-0.1, -0.05) is 11.6 Å². The van der Waals surface area contributed by atoms with E-state index in [0.717, 1.165) is 0 Å². The molecule has 0 aliphatic rings. The minimum Gasteiger partial charge on any atom is -0.492 e. The molecule has 0 bridgehead atoms. The molecule has 1 aromatic rings. The van der Waals surface area contributed by atoms with Gasteiger partial charge in [0.1, 0.15) is 5.75 Å². The molecule has 3 heteroatoms. The van der Waals surface area contributed by atoms with Crippen LogP contribution in [0.25, 0.3) is 0 Å². The molecule has 0 amide bonds. The largest absolute Gasteiger partial charge is 0.492 e. The summed E-state index contributed by atoms with van der Waals surface area (Å²) in [7, 11) is 0. The zero-order chi connectivity index (χ0) is 8.97. The molecule has 2 nitrogen and oxygen atoms in total. The van der Waals surface area contributed by atoms with Crippen molar-refractivity contribution in [2.75, 3.05) is 6.61 Å². The van der Waals surface area contributed by atoms with Crippen molar-refractivity contribution in [1.82, 2.24) is 0 Å². The fourth-order valence-corrected chi connectivity index (χ4v) is 1.08. The van der Waals surface area contributed by atoms with Gasteiger partial charge in [-0.2, -0.15) is 5.26 Å². The van der Waals surface area contributed by atoms with Crippen molar-refractivity contribution in [3.05, 3.63) is 28.8 Å². The lowest BCUT2D eigenvalue weighted by atomic mass is 10.2. The van der Waals surface area contributed by atoms with Crippen molar-refractivity contribution in [2.45, 2.75) is 6.92 Å². The van der Waals surface area contributed by atoms with Crippen molar-refractivity contribution in [1.29, 1.82) is 5.26 Å². The first-order valence-electron chi connectivity index (χ1n) is 3.60. The summed E-state index contributed by atoms with van der Waals surface area (Å²) in [5.74, 6) is 0.623. The molecule has 0 atom stereocenters. The van der Waals surface area contributed by atoms with Gasteiger partial charge in [0, 0.05) is 0 Å². The van der Waals surface area contributed by atoms with Gasteiger partial charge < -0.3 is 4.74 Å². The SMILES string of the molecule is CCOc1ccc(C#N)cc1Cl. The monoisotopic (exact) mass is 181 g/mol. The Labute approximate surface area is 76.3 Å². The molecule has 0 radical (unpaired) electrons. The van der Waals surface area contributed by atoms with Crippen LogP contribution in [0.1, 0.15) is 12.5 Å². The maximum atomic E-state index is 8.53. The summed E-state index contributed by atoms with van der Waals surface area (Å²) in [4.78, 5) is 0. The molecule has 0 aliphatic carbocycles. The fraction of sp³-hybridized carbons (Fsp3) is 0.222. The highest BCUT2D eigenvalue weighted by Crippen LogP contribution is 2.24. The highest BCUT2D eigenvalue weighted by molar-refractivity contribution is 6.32. The Morgan fingerprint density at radius 3 is 2.83 bits per heavy atom. The molecule has 0 N–H and O–H groups in total. The molecule has 0 fully saturated rings. The lowest BCUT2D eigenvalue weighted by Crippen LogP contribution is -1.92. The van der Waals surface area contributed by atoms with Crippen LogP contribution in [0.3, 0.4) is 0 Å². The molecule has 0 saturated carbocycles. The lowest BCUT2D eigenvalue weighted by molar-refractivity contribution is 0.340. The van der Waals surface area contributed by atoms with Gasteiger partial charge in [0.25, 0.3) is 0 Å². The molecule has 0 unspecified atom stereocenters. The van der Waals surface area contributed by atoms with Gasteiger partial charge in [-0.05, 0) is 25.1 Å². The van der Waals surface area contributed by atoms with Crippen molar-refractivity contribution < 1.29 is 4.74 Å². The van der Waals surface area contributed by atoms with Crippen molar-refractivity contribution >= 4 is 11.6 Å². The minimum absolute atomic E-state index is 0.482. The Hall–Kier alpha value is -1.20. The zero-order valence-electron chi connectivity index (χ0n) is 6.67. The summed E-state index contributed by atoms with van der Waals surface area (Å²) in [5, 5.41) is 9.02. The second kappa shape index (κ2) is 3.99. The van der Waals surface area contributed by atoms with Crippen LogP contribution < -0.4 is 4.74 Å². The topological polar surface area (TPSA) is 33.0 Å². The second-order valence-electron chi connectivity index (χ2n) is 2.19. The van der Waals surface area contributed by atoms with Gasteiger partial charge in [0.05, 0.1) is 23.3 Å². The van der Waals surface area contributed by atoms with Crippen LogP contribution in [0, 0.1) is 11.3 Å². The molecule has 0 saturated heterocycles. The molecule has 0 heterocycles. The number of ether oxygens (including phenoxy) is 1. The van der Waals surface area contributed by atoms with Crippen LogP contribution in [-0.2, 0) is 0 Å². The first kappa shape index (κ1) is 8.89. The summed E-state index contributed by atoms with van der Waals surface area (Å²) in [5.41, 5.74) is 0.545. The first-order valence-corrected chi connectivity index (χ1v) is 3.98. The molecule has 12 heavy (non-hydrogen) atoms. The van der Waals surface area contributed by atoms with E-state index in [4.69, 9.17) is 21.6 Å². The fourth-order valence-electron chi connectivity index (χ4n) is 0.843. The third kappa shape index (κ3) is 1.90. The van der Waals surface area contributed by atoms with Gasteiger partial charge in [0.15, 0.2) is 0 Å². The number of hydrogen-bond donors (Lipinski definition) is 0. The number of nitriles is 1. The van der Waals surface area contributed by atoms with Crippen LogP contribution >= 0.6 is 11.6 Å². The van der Waals surface area contributed by atoms with Gasteiger partial charge in [-0.3, -0.25) is 0 Å². The number of benzene rings is 1. The number of nitrogens with zero attached hydrogens (tertiary/aromatic N) is 1. The average Bonchev–Trinajstić information content (AvgIpc) is 2.09. The number of rotatable bonds is 2. The number of halogens is 1. The molecule has 62 valence electrons. The summed E-state index contributed by atoms with van der Waals surface area (Å²) in [6, 6.07) is 6.96. The van der Waals surface area contributed by atoms with E-state index in [1.54, 1.807) is 18.2 Å². The van der Waals surface area contributed by atoms with E-state index in [2.05, 4.69) is 0 Å². The van der Waals surface area contributed by atoms with Crippen molar-refractivity contribution in [3.8, 4) is 11.8 Å². The summed E-state index contributed by atoms with van der Waals surface area (Å²) in [6.45, 7) is 2.46. The molecule has 0 spiro atoms. The van der Waals surface area contributed by atoms with E-state index >= 15 is 0 Å². The van der Waals surface area contributed by atoms with Gasteiger partial charge in [-0.15, -0.1) is 0 Å². The number of hydrogen-bond acceptors (Lipinski definition) is 2. The van der Waals surface area contributed by atoms with E-state index < -0.39 is 0 Å². The maximum absolute atomic E-state index is 8.53. The highest BCUT2D eigenvalue weighted by Gasteiger charge is 2.00. The van der Waals surface area contributed by atoms with Crippen LogP contribution in [-0.4, -0.2) is 6.61 Å². The van der Waals surface area contributed by atoms with Crippen molar-refractivity contribution in [3.63, 3.8) is 0 Å². The molecule has 0 aromatic heterocycles. The predicted molar refractivity (Wildman–Crippen MR) is 47.3 cm³/mol. The third-order valence-electron chi connectivity index (χ3n) is 1.36. The van der Waals surface area contributed by atoms with Gasteiger partial charge >= 0.3 is 0 Å². The van der Waals surface area contributed by atoms with Gasteiger partial charge in [-0.25, -0.2) is 0 Å². The molecule has 1 aromatic carbocycles. The Balaban J connectivity index is 2.97. The summed E-state index contributed by atoms with van der Waals surface area (Å²) >= 11 is 5.81. The van der Waals surface area contributed by atoms with Crippen LogP contribution in [0.15, 0.2) is 18.2 Å². The molecular formula is C9H8ClNO. The Morgan fingerprint density at radius 2 is 2.33 bits per heavy atom. The first-order chi connectivity index (χ1) is 5.77. The Bertz CT molecular complexity index is 317. The van der Waals surface area contributed by atoms with Crippen molar-refractivity contribution in [2.24, 2.45) is 0 Å². The Morgan fingerprint density at radius 1 is 1.58 bits per heavy atom. The zero-order valence-corrected chi connectivity index (χ0v) is 7.43. The molecule has 1 rings (SSSR count). The smallest absolute Gasteiger partial charge is 0.137 e. The Kier molecular flexibility index (Phi) is 2.95. The van der Waals surface area contributed by atoms with Crippen LogP contribution in [0.5, 0.6) is 5.75 Å². The molecular weight excluding hydrogens is 174 g/mol. The van der Waals surface area contributed by atoms with E-state index in [1.807, 2.05) is 13.0 Å². The standard InChI is InChI=1S/C9H8ClNO/c1-2-12-9-4-3-7(6-11)5-8(9)10/h3-5H,2H2,1H3. The van der Waals surface area contributed by atoms with Crippen LogP contribution in [0.4, 0.5) is 0 Å². The molecule has 0 aliphatic heterocycles. The van der Waals surface area contributed by atoms with Crippen LogP contribution in [0.2, 0.25) is 5.02 Å². The third-order valence-corrected chi connectivity index (χ3v) is 1.66.